The Kier molecular flexibility index (Phi) is 11.4. The third-order valence-electron chi connectivity index (χ3n) is 4.74. The van der Waals surface area contributed by atoms with Gasteiger partial charge in [0.25, 0.3) is 0 Å². The van der Waals surface area contributed by atoms with Crippen LogP contribution in [-0.2, 0) is 6.42 Å². The van der Waals surface area contributed by atoms with Crippen LogP contribution in [-0.4, -0.2) is 47.6 Å². The first-order chi connectivity index (χ1) is 15.5. The van der Waals surface area contributed by atoms with Crippen LogP contribution < -0.4 is 10.6 Å². The molecule has 0 saturated carbocycles. The SMILES string of the molecule is C#CNc1c(Br)cnn1/C(=C\CN(C)CCc1ccccc1)NCC(C)C=N/C=C\CC. The van der Waals surface area contributed by atoms with Crippen LogP contribution in [0.25, 0.3) is 5.82 Å². The van der Waals surface area contributed by atoms with E-state index in [0.29, 0.717) is 5.82 Å². The number of hydrogen-bond acceptors (Lipinski definition) is 5. The van der Waals surface area contributed by atoms with E-state index in [-0.39, 0.29) is 5.92 Å². The van der Waals surface area contributed by atoms with Crippen molar-refractivity contribution in [3.63, 3.8) is 0 Å². The van der Waals surface area contributed by atoms with Gasteiger partial charge in [0.1, 0.15) is 5.82 Å². The number of nitrogens with one attached hydrogen (secondary N) is 2. The predicted molar refractivity (Wildman–Crippen MR) is 139 cm³/mol. The maximum Gasteiger partial charge on any atom is 0.157 e. The van der Waals surface area contributed by atoms with Gasteiger partial charge in [0.05, 0.1) is 10.7 Å². The van der Waals surface area contributed by atoms with Crippen molar-refractivity contribution in [2.45, 2.75) is 26.7 Å². The molecule has 0 aliphatic carbocycles. The summed E-state index contributed by atoms with van der Waals surface area (Å²) in [6.07, 6.45) is 17.2. The van der Waals surface area contributed by atoms with Crippen molar-refractivity contribution in [2.24, 2.45) is 10.9 Å². The normalized spacial score (nSPS) is 13.1. The average molecular weight is 497 g/mol. The van der Waals surface area contributed by atoms with Gasteiger partial charge >= 0.3 is 0 Å². The van der Waals surface area contributed by atoms with Crippen LogP contribution in [0.5, 0.6) is 0 Å². The number of rotatable bonds is 13. The number of aromatic nitrogens is 2. The number of terminal acetylenes is 1. The van der Waals surface area contributed by atoms with E-state index in [1.165, 1.54) is 5.56 Å². The molecule has 0 aliphatic rings. The first-order valence-corrected chi connectivity index (χ1v) is 11.6. The van der Waals surface area contributed by atoms with E-state index in [0.717, 1.165) is 42.8 Å². The number of anilines is 1. The summed E-state index contributed by atoms with van der Waals surface area (Å²) in [6.45, 7) is 6.66. The molecule has 0 fully saturated rings. The Balaban J connectivity index is 2.08. The van der Waals surface area contributed by atoms with E-state index < -0.39 is 0 Å². The zero-order valence-electron chi connectivity index (χ0n) is 19.1. The minimum atomic E-state index is 0.249. The average Bonchev–Trinajstić information content (AvgIpc) is 3.16. The van der Waals surface area contributed by atoms with Gasteiger partial charge in [-0.3, -0.25) is 10.3 Å². The van der Waals surface area contributed by atoms with Crippen molar-refractivity contribution >= 4 is 33.8 Å². The lowest BCUT2D eigenvalue weighted by molar-refractivity contribution is 0.374. The first kappa shape index (κ1) is 25.4. The summed E-state index contributed by atoms with van der Waals surface area (Å²) in [4.78, 5) is 6.63. The van der Waals surface area contributed by atoms with E-state index in [1.807, 2.05) is 24.6 Å². The summed E-state index contributed by atoms with van der Waals surface area (Å²) in [6, 6.07) is 13.0. The highest BCUT2D eigenvalue weighted by atomic mass is 79.9. The van der Waals surface area contributed by atoms with Gasteiger partial charge in [0.2, 0.25) is 0 Å². The monoisotopic (exact) mass is 496 g/mol. The Morgan fingerprint density at radius 2 is 2.16 bits per heavy atom. The minimum absolute atomic E-state index is 0.249. The molecule has 1 atom stereocenters. The minimum Gasteiger partial charge on any atom is -0.370 e. The van der Waals surface area contributed by atoms with Crippen molar-refractivity contribution in [3.05, 3.63) is 64.9 Å². The maximum absolute atomic E-state index is 5.48. The highest BCUT2D eigenvalue weighted by molar-refractivity contribution is 9.10. The molecule has 6 nitrogen and oxygen atoms in total. The van der Waals surface area contributed by atoms with E-state index in [9.17, 15) is 0 Å². The fourth-order valence-corrected chi connectivity index (χ4v) is 3.26. The fraction of sp³-hybridized carbons (Fsp3) is 0.360. The molecule has 0 aliphatic heterocycles. The molecular formula is C25H33BrN6. The number of benzene rings is 1. The zero-order chi connectivity index (χ0) is 23.2. The second kappa shape index (κ2) is 14.3. The van der Waals surface area contributed by atoms with Gasteiger partial charge < -0.3 is 10.2 Å². The standard InChI is InChI=1S/C25H33BrN6/c1-5-7-15-27-18-21(3)19-29-24(32-25(28-6-2)23(26)20-30-32)14-17-31(4)16-13-22-11-9-8-10-12-22/h2,7-12,14-15,18,20-21,28-29H,5,13,16-17,19H2,1,3-4H3/b15-7-,24-14-,27-18?. The highest BCUT2D eigenvalue weighted by Crippen LogP contribution is 2.23. The molecule has 32 heavy (non-hydrogen) atoms. The second-order valence-corrected chi connectivity index (χ2v) is 8.41. The van der Waals surface area contributed by atoms with Gasteiger partial charge in [-0.05, 0) is 47.5 Å². The predicted octanol–water partition coefficient (Wildman–Crippen LogP) is 4.84. The molecule has 1 aromatic carbocycles. The molecule has 2 N–H and O–H groups in total. The second-order valence-electron chi connectivity index (χ2n) is 7.56. The van der Waals surface area contributed by atoms with Crippen LogP contribution >= 0.6 is 15.9 Å². The fourth-order valence-electron chi connectivity index (χ4n) is 2.91. The lowest BCUT2D eigenvalue weighted by atomic mass is 10.1. The van der Waals surface area contributed by atoms with Crippen molar-refractivity contribution in [3.8, 4) is 12.5 Å². The van der Waals surface area contributed by atoms with Gasteiger partial charge in [-0.2, -0.15) is 9.78 Å². The Labute approximate surface area is 200 Å². The molecule has 0 saturated heterocycles. The summed E-state index contributed by atoms with van der Waals surface area (Å²) in [5.74, 6) is 1.83. The number of likely N-dealkylation sites (N-methyl/N-ethyl adjacent to an activating group) is 1. The van der Waals surface area contributed by atoms with Gasteiger partial charge in [0, 0.05) is 44.0 Å². The van der Waals surface area contributed by atoms with E-state index in [1.54, 1.807) is 10.9 Å². The molecule has 0 spiro atoms. The van der Waals surface area contributed by atoms with E-state index >= 15 is 0 Å². The van der Waals surface area contributed by atoms with Crippen molar-refractivity contribution in [1.82, 2.24) is 20.0 Å². The van der Waals surface area contributed by atoms with Crippen molar-refractivity contribution in [1.29, 1.82) is 0 Å². The van der Waals surface area contributed by atoms with Crippen LogP contribution in [0.2, 0.25) is 0 Å². The Morgan fingerprint density at radius 3 is 2.88 bits per heavy atom. The number of aliphatic imine (C=N–C) groups is 1. The summed E-state index contributed by atoms with van der Waals surface area (Å²) >= 11 is 3.51. The quantitative estimate of drug-likeness (QED) is 0.236. The highest BCUT2D eigenvalue weighted by Gasteiger charge is 2.13. The molecular weight excluding hydrogens is 464 g/mol. The largest absolute Gasteiger partial charge is 0.370 e. The third kappa shape index (κ3) is 8.74. The van der Waals surface area contributed by atoms with E-state index in [4.69, 9.17) is 6.42 Å². The Morgan fingerprint density at radius 1 is 1.38 bits per heavy atom. The van der Waals surface area contributed by atoms with Crippen LogP contribution in [0.15, 0.2) is 64.3 Å². The van der Waals surface area contributed by atoms with Gasteiger partial charge in [-0.25, -0.2) is 0 Å². The molecule has 7 heteroatoms. The number of halogens is 1. The molecule has 2 rings (SSSR count). The first-order valence-electron chi connectivity index (χ1n) is 10.9. The summed E-state index contributed by atoms with van der Waals surface area (Å²) in [5, 5.41) is 10.9. The van der Waals surface area contributed by atoms with Crippen LogP contribution in [0.4, 0.5) is 5.82 Å². The molecule has 0 bridgehead atoms. The Bertz CT molecular complexity index is 939. The number of allylic oxidation sites excluding steroid dienone is 1. The maximum atomic E-state index is 5.48. The van der Waals surface area contributed by atoms with Crippen molar-refractivity contribution < 1.29 is 0 Å². The lowest BCUT2D eigenvalue weighted by Crippen LogP contribution is -2.27. The molecule has 0 radical (unpaired) electrons. The van der Waals surface area contributed by atoms with Gasteiger partial charge in [-0.15, -0.1) is 0 Å². The van der Waals surface area contributed by atoms with Crippen LogP contribution in [0.1, 0.15) is 25.8 Å². The molecule has 170 valence electrons. The zero-order valence-corrected chi connectivity index (χ0v) is 20.7. The Hall–Kier alpha value is -2.82. The van der Waals surface area contributed by atoms with Gasteiger partial charge in [0.15, 0.2) is 5.82 Å². The van der Waals surface area contributed by atoms with Gasteiger partial charge in [-0.1, -0.05) is 56.7 Å². The van der Waals surface area contributed by atoms with Crippen LogP contribution in [0.3, 0.4) is 0 Å². The topological polar surface area (TPSA) is 57.5 Å². The third-order valence-corrected chi connectivity index (χ3v) is 5.32. The van der Waals surface area contributed by atoms with E-state index in [2.05, 4.69) is 98.8 Å². The van der Waals surface area contributed by atoms with Crippen molar-refractivity contribution in [2.75, 3.05) is 32.0 Å². The number of hydrogen-bond donors (Lipinski definition) is 2. The summed E-state index contributed by atoms with van der Waals surface area (Å²) in [7, 11) is 2.12. The molecule has 2 aromatic rings. The molecule has 0 amide bonds. The summed E-state index contributed by atoms with van der Waals surface area (Å²) < 4.78 is 2.59. The van der Waals surface area contributed by atoms with Crippen LogP contribution in [0, 0.1) is 18.4 Å². The smallest absolute Gasteiger partial charge is 0.157 e. The molecule has 1 aromatic heterocycles. The summed E-state index contributed by atoms with van der Waals surface area (Å²) in [5.41, 5.74) is 1.34. The molecule has 1 unspecified atom stereocenters. The molecule has 1 heterocycles. The lowest BCUT2D eigenvalue weighted by Gasteiger charge is -2.18. The number of nitrogens with zero attached hydrogens (tertiary/aromatic N) is 4.